The zero-order valence-electron chi connectivity index (χ0n) is 15.5. The second-order valence-electron chi connectivity index (χ2n) is 6.27. The zero-order chi connectivity index (χ0) is 19.4. The van der Waals surface area contributed by atoms with Gasteiger partial charge in [-0.2, -0.15) is 0 Å². The van der Waals surface area contributed by atoms with Crippen molar-refractivity contribution >= 4 is 28.8 Å². The Hall–Kier alpha value is -2.37. The fraction of sp³-hybridized carbons (Fsp3) is 0.238. The first-order valence-electron chi connectivity index (χ1n) is 8.62. The number of nitrogens with zero attached hydrogens (tertiary/aromatic N) is 1. The molecule has 2 aromatic carbocycles. The van der Waals surface area contributed by atoms with E-state index in [0.717, 1.165) is 38.0 Å². The molecule has 3 rings (SSSR count). The summed E-state index contributed by atoms with van der Waals surface area (Å²) < 4.78 is 5.65. The number of rotatable bonds is 6. The molecule has 0 fully saturated rings. The van der Waals surface area contributed by atoms with E-state index < -0.39 is 0 Å². The Morgan fingerprint density at radius 3 is 2.70 bits per heavy atom. The predicted molar refractivity (Wildman–Crippen MR) is 111 cm³/mol. The summed E-state index contributed by atoms with van der Waals surface area (Å²) in [5.74, 6) is 0.572. The van der Waals surface area contributed by atoms with E-state index in [1.807, 2.05) is 63.2 Å². The summed E-state index contributed by atoms with van der Waals surface area (Å²) in [6.07, 6.45) is 0. The molecule has 0 unspecified atom stereocenters. The lowest BCUT2D eigenvalue weighted by atomic mass is 10.1. The molecule has 0 aliphatic heterocycles. The number of aryl methyl sites for hydroxylation is 2. The summed E-state index contributed by atoms with van der Waals surface area (Å²) in [4.78, 5) is 17.7. The van der Waals surface area contributed by atoms with Crippen LogP contribution in [0.2, 0.25) is 5.02 Å². The Morgan fingerprint density at radius 1 is 1.15 bits per heavy atom. The quantitative estimate of drug-likeness (QED) is 0.627. The van der Waals surface area contributed by atoms with Gasteiger partial charge in [0.1, 0.15) is 10.8 Å². The second-order valence-corrected chi connectivity index (χ2v) is 7.76. The van der Waals surface area contributed by atoms with Gasteiger partial charge in [-0.15, -0.1) is 11.3 Å². The lowest BCUT2D eigenvalue weighted by molar-refractivity contribution is -0.123. The van der Waals surface area contributed by atoms with Gasteiger partial charge in [-0.05, 0) is 44.0 Å². The van der Waals surface area contributed by atoms with Crippen LogP contribution in [0.3, 0.4) is 0 Å². The average Bonchev–Trinajstić information content (AvgIpc) is 3.02. The van der Waals surface area contributed by atoms with Gasteiger partial charge in [0.25, 0.3) is 5.91 Å². The van der Waals surface area contributed by atoms with Crippen molar-refractivity contribution in [1.29, 1.82) is 0 Å². The smallest absolute Gasteiger partial charge is 0.258 e. The summed E-state index contributed by atoms with van der Waals surface area (Å²) in [5, 5.41) is 4.42. The molecule has 0 spiro atoms. The molecule has 1 amide bonds. The molecule has 0 saturated carbocycles. The van der Waals surface area contributed by atoms with Crippen LogP contribution >= 0.6 is 22.9 Å². The van der Waals surface area contributed by atoms with Crippen molar-refractivity contribution in [3.63, 3.8) is 0 Å². The maximum atomic E-state index is 12.2. The van der Waals surface area contributed by atoms with E-state index in [-0.39, 0.29) is 12.5 Å². The highest BCUT2D eigenvalue weighted by molar-refractivity contribution is 7.15. The Balaban J connectivity index is 1.59. The maximum Gasteiger partial charge on any atom is 0.258 e. The average molecular weight is 401 g/mol. The van der Waals surface area contributed by atoms with Crippen molar-refractivity contribution < 1.29 is 9.53 Å². The van der Waals surface area contributed by atoms with Crippen molar-refractivity contribution in [3.05, 3.63) is 69.2 Å². The Kier molecular flexibility index (Phi) is 6.14. The van der Waals surface area contributed by atoms with Crippen LogP contribution in [0.5, 0.6) is 5.75 Å². The van der Waals surface area contributed by atoms with Gasteiger partial charge in [-0.25, -0.2) is 4.98 Å². The topological polar surface area (TPSA) is 51.2 Å². The van der Waals surface area contributed by atoms with Crippen molar-refractivity contribution in [3.8, 4) is 16.3 Å². The van der Waals surface area contributed by atoms with E-state index in [4.69, 9.17) is 16.3 Å². The first-order chi connectivity index (χ1) is 13.0. The van der Waals surface area contributed by atoms with Crippen molar-refractivity contribution in [1.82, 2.24) is 10.3 Å². The van der Waals surface area contributed by atoms with Crippen molar-refractivity contribution in [2.24, 2.45) is 0 Å². The number of benzene rings is 2. The molecule has 1 N–H and O–H groups in total. The molecule has 1 aromatic heterocycles. The van der Waals surface area contributed by atoms with Crippen LogP contribution in [-0.2, 0) is 11.3 Å². The highest BCUT2D eigenvalue weighted by atomic mass is 35.5. The van der Waals surface area contributed by atoms with Crippen LogP contribution in [0.25, 0.3) is 10.6 Å². The fourth-order valence-electron chi connectivity index (χ4n) is 2.60. The molecule has 0 saturated heterocycles. The van der Waals surface area contributed by atoms with Gasteiger partial charge in [0.15, 0.2) is 6.61 Å². The Morgan fingerprint density at radius 2 is 1.93 bits per heavy atom. The minimum Gasteiger partial charge on any atom is -0.483 e. The van der Waals surface area contributed by atoms with Crippen LogP contribution in [0.1, 0.15) is 21.7 Å². The monoisotopic (exact) mass is 400 g/mol. The van der Waals surface area contributed by atoms with Crippen LogP contribution in [0, 0.1) is 20.8 Å². The lowest BCUT2D eigenvalue weighted by Crippen LogP contribution is -2.28. The van der Waals surface area contributed by atoms with Crippen LogP contribution in [-0.4, -0.2) is 17.5 Å². The third-order valence-corrected chi connectivity index (χ3v) is 5.88. The molecule has 0 bridgehead atoms. The summed E-state index contributed by atoms with van der Waals surface area (Å²) in [7, 11) is 0. The number of nitrogens with one attached hydrogen (secondary N) is 1. The number of aromatic nitrogens is 1. The number of halogens is 1. The van der Waals surface area contributed by atoms with Gasteiger partial charge < -0.3 is 10.1 Å². The molecule has 3 aromatic rings. The van der Waals surface area contributed by atoms with Gasteiger partial charge in [-0.3, -0.25) is 4.79 Å². The molecule has 6 heteroatoms. The summed E-state index contributed by atoms with van der Waals surface area (Å²) in [6, 6.07) is 13.4. The van der Waals surface area contributed by atoms with E-state index >= 15 is 0 Å². The molecular formula is C21H21ClN2O2S. The van der Waals surface area contributed by atoms with Crippen LogP contribution in [0.4, 0.5) is 0 Å². The molecule has 0 atom stereocenters. The van der Waals surface area contributed by atoms with E-state index in [9.17, 15) is 4.79 Å². The SMILES string of the molecule is Cc1cccc(OCC(=O)NCc2sc(-c3ccccc3Cl)nc2C)c1C. The summed E-state index contributed by atoms with van der Waals surface area (Å²) in [5.41, 5.74) is 3.99. The van der Waals surface area contributed by atoms with Crippen LogP contribution < -0.4 is 10.1 Å². The first kappa shape index (κ1) is 19.4. The summed E-state index contributed by atoms with van der Waals surface area (Å²) in [6.45, 7) is 6.35. The van der Waals surface area contributed by atoms with E-state index in [2.05, 4.69) is 10.3 Å². The second kappa shape index (κ2) is 8.55. The van der Waals surface area contributed by atoms with Gasteiger partial charge in [0.05, 0.1) is 17.3 Å². The third kappa shape index (κ3) is 4.67. The van der Waals surface area contributed by atoms with Gasteiger partial charge in [0.2, 0.25) is 0 Å². The van der Waals surface area contributed by atoms with Crippen molar-refractivity contribution in [2.45, 2.75) is 27.3 Å². The summed E-state index contributed by atoms with van der Waals surface area (Å²) >= 11 is 7.79. The van der Waals surface area contributed by atoms with E-state index in [1.54, 1.807) is 0 Å². The molecular weight excluding hydrogens is 380 g/mol. The molecule has 27 heavy (non-hydrogen) atoms. The number of hydrogen-bond donors (Lipinski definition) is 1. The number of carbonyl (C=O) groups excluding carboxylic acids is 1. The largest absolute Gasteiger partial charge is 0.483 e. The number of thiazole rings is 1. The van der Waals surface area contributed by atoms with Crippen LogP contribution in [0.15, 0.2) is 42.5 Å². The number of amides is 1. The van der Waals surface area contributed by atoms with E-state index in [0.29, 0.717) is 11.6 Å². The highest BCUT2D eigenvalue weighted by Crippen LogP contribution is 2.32. The minimum atomic E-state index is -0.164. The van der Waals surface area contributed by atoms with Gasteiger partial charge in [-0.1, -0.05) is 41.9 Å². The number of carbonyl (C=O) groups is 1. The molecule has 0 radical (unpaired) electrons. The maximum absolute atomic E-state index is 12.2. The minimum absolute atomic E-state index is 0.0144. The molecule has 4 nitrogen and oxygen atoms in total. The van der Waals surface area contributed by atoms with Gasteiger partial charge >= 0.3 is 0 Å². The fourth-order valence-corrected chi connectivity index (χ4v) is 3.92. The first-order valence-corrected chi connectivity index (χ1v) is 9.82. The standard InChI is InChI=1S/C21H21ClN2O2S/c1-13-7-6-10-18(14(13)2)26-12-20(25)23-11-19-15(3)24-21(27-19)16-8-4-5-9-17(16)22/h4-10H,11-12H2,1-3H3,(H,23,25). The molecule has 140 valence electrons. The normalized spacial score (nSPS) is 10.7. The molecule has 0 aliphatic carbocycles. The third-order valence-electron chi connectivity index (χ3n) is 4.36. The lowest BCUT2D eigenvalue weighted by Gasteiger charge is -2.10. The molecule has 1 heterocycles. The Bertz CT molecular complexity index is 969. The number of hydrogen-bond acceptors (Lipinski definition) is 4. The number of ether oxygens (including phenoxy) is 1. The van der Waals surface area contributed by atoms with Crippen molar-refractivity contribution in [2.75, 3.05) is 6.61 Å². The zero-order valence-corrected chi connectivity index (χ0v) is 17.1. The van der Waals surface area contributed by atoms with Gasteiger partial charge in [0, 0.05) is 10.4 Å². The Labute approximate surface area is 168 Å². The highest BCUT2D eigenvalue weighted by Gasteiger charge is 2.13. The molecule has 0 aliphatic rings. The van der Waals surface area contributed by atoms with E-state index in [1.165, 1.54) is 11.3 Å². The predicted octanol–water partition coefficient (Wildman–Crippen LogP) is 5.08.